The highest BCUT2D eigenvalue weighted by Crippen LogP contribution is 2.52. The van der Waals surface area contributed by atoms with Crippen molar-refractivity contribution in [1.29, 1.82) is 0 Å². The number of esters is 1. The summed E-state index contributed by atoms with van der Waals surface area (Å²) in [6.45, 7) is 0. The molecule has 0 N–H and O–H groups in total. The molecule has 3 rings (SSSR count). The van der Waals surface area contributed by atoms with Crippen LogP contribution in [0.5, 0.6) is 0 Å². The van der Waals surface area contributed by atoms with E-state index in [9.17, 15) is 4.79 Å². The van der Waals surface area contributed by atoms with E-state index in [4.69, 9.17) is 4.74 Å². The summed E-state index contributed by atoms with van der Waals surface area (Å²) >= 11 is 4.50. The average molecular weight is 290 g/mol. The molecule has 2 saturated carbocycles. The molecule has 0 radical (unpaired) electrons. The van der Waals surface area contributed by atoms with Gasteiger partial charge in [-0.2, -0.15) is 0 Å². The van der Waals surface area contributed by atoms with Crippen molar-refractivity contribution in [3.05, 3.63) is 29.3 Å². The van der Waals surface area contributed by atoms with Crippen molar-refractivity contribution < 1.29 is 9.53 Å². The van der Waals surface area contributed by atoms with Gasteiger partial charge >= 0.3 is 5.97 Å². The Kier molecular flexibility index (Phi) is 3.80. The highest BCUT2D eigenvalue weighted by Gasteiger charge is 2.53. The molecule has 2 aliphatic carbocycles. The summed E-state index contributed by atoms with van der Waals surface area (Å²) in [7, 11) is 1.50. The third kappa shape index (κ3) is 2.37. The van der Waals surface area contributed by atoms with E-state index in [0.29, 0.717) is 5.92 Å². The minimum atomic E-state index is -0.358. The van der Waals surface area contributed by atoms with Gasteiger partial charge in [-0.15, -0.1) is 12.6 Å². The van der Waals surface area contributed by atoms with Gasteiger partial charge in [0.1, 0.15) is 0 Å². The SMILES string of the molecule is COC(=O)C1(c2ccc(S)cc2C2CCCCC2)CC1. The lowest BCUT2D eigenvalue weighted by Crippen LogP contribution is -2.24. The van der Waals surface area contributed by atoms with E-state index in [1.54, 1.807) is 0 Å². The van der Waals surface area contributed by atoms with Crippen LogP contribution in [0, 0.1) is 0 Å². The van der Waals surface area contributed by atoms with E-state index in [1.165, 1.54) is 50.3 Å². The topological polar surface area (TPSA) is 26.3 Å². The molecule has 0 bridgehead atoms. The summed E-state index contributed by atoms with van der Waals surface area (Å²) in [6.07, 6.45) is 8.26. The molecule has 0 saturated heterocycles. The first-order valence-electron chi connectivity index (χ1n) is 7.59. The van der Waals surface area contributed by atoms with E-state index >= 15 is 0 Å². The first-order valence-corrected chi connectivity index (χ1v) is 8.04. The third-order valence-electron chi connectivity index (χ3n) is 4.92. The van der Waals surface area contributed by atoms with Crippen LogP contribution in [0.3, 0.4) is 0 Å². The molecular weight excluding hydrogens is 268 g/mol. The van der Waals surface area contributed by atoms with Crippen LogP contribution in [0.2, 0.25) is 0 Å². The number of carbonyl (C=O) groups is 1. The van der Waals surface area contributed by atoms with E-state index in [1.807, 2.05) is 6.07 Å². The zero-order valence-corrected chi connectivity index (χ0v) is 12.9. The van der Waals surface area contributed by atoms with Gasteiger partial charge in [-0.3, -0.25) is 4.79 Å². The van der Waals surface area contributed by atoms with Gasteiger partial charge in [0, 0.05) is 4.90 Å². The summed E-state index contributed by atoms with van der Waals surface area (Å²) in [5.74, 6) is 0.523. The molecule has 1 aromatic rings. The number of benzene rings is 1. The van der Waals surface area contributed by atoms with E-state index in [2.05, 4.69) is 24.8 Å². The second-order valence-electron chi connectivity index (χ2n) is 6.18. The lowest BCUT2D eigenvalue weighted by Gasteiger charge is -2.27. The zero-order valence-electron chi connectivity index (χ0n) is 12.0. The smallest absolute Gasteiger partial charge is 0.316 e. The molecule has 1 aromatic carbocycles. The number of hydrogen-bond acceptors (Lipinski definition) is 3. The quantitative estimate of drug-likeness (QED) is 0.666. The van der Waals surface area contributed by atoms with Gasteiger partial charge in [-0.25, -0.2) is 0 Å². The van der Waals surface area contributed by atoms with Crippen molar-refractivity contribution in [3.8, 4) is 0 Å². The molecule has 0 aromatic heterocycles. The van der Waals surface area contributed by atoms with Gasteiger partial charge in [-0.05, 0) is 54.9 Å². The van der Waals surface area contributed by atoms with Gasteiger partial charge in [-0.1, -0.05) is 25.3 Å². The van der Waals surface area contributed by atoms with Crippen LogP contribution in [-0.2, 0) is 14.9 Å². The predicted molar refractivity (Wildman–Crippen MR) is 82.4 cm³/mol. The number of carbonyl (C=O) groups excluding carboxylic acids is 1. The first-order chi connectivity index (χ1) is 9.67. The van der Waals surface area contributed by atoms with Crippen LogP contribution in [0.15, 0.2) is 23.1 Å². The van der Waals surface area contributed by atoms with E-state index in [-0.39, 0.29) is 11.4 Å². The molecule has 108 valence electrons. The third-order valence-corrected chi connectivity index (χ3v) is 5.20. The Balaban J connectivity index is 2.00. The molecule has 20 heavy (non-hydrogen) atoms. The first kappa shape index (κ1) is 14.0. The van der Waals surface area contributed by atoms with Gasteiger partial charge in [0.25, 0.3) is 0 Å². The summed E-state index contributed by atoms with van der Waals surface area (Å²) in [5, 5.41) is 0. The fraction of sp³-hybridized carbons (Fsp3) is 0.588. The molecule has 0 amide bonds. The summed E-state index contributed by atoms with van der Waals surface area (Å²) in [4.78, 5) is 13.2. The highest BCUT2D eigenvalue weighted by molar-refractivity contribution is 7.80. The van der Waals surface area contributed by atoms with E-state index < -0.39 is 0 Å². The summed E-state index contributed by atoms with van der Waals surface area (Å²) < 4.78 is 5.05. The van der Waals surface area contributed by atoms with Crippen LogP contribution in [0.1, 0.15) is 62.0 Å². The van der Waals surface area contributed by atoms with Crippen molar-refractivity contribution in [3.63, 3.8) is 0 Å². The van der Waals surface area contributed by atoms with Crippen LogP contribution in [-0.4, -0.2) is 13.1 Å². The number of rotatable bonds is 3. The molecule has 2 nitrogen and oxygen atoms in total. The van der Waals surface area contributed by atoms with Gasteiger partial charge in [0.15, 0.2) is 0 Å². The number of methoxy groups -OCH3 is 1. The Morgan fingerprint density at radius 1 is 1.25 bits per heavy atom. The Labute approximate surface area is 126 Å². The lowest BCUT2D eigenvalue weighted by molar-refractivity contribution is -0.143. The van der Waals surface area contributed by atoms with Crippen LogP contribution >= 0.6 is 12.6 Å². The second-order valence-corrected chi connectivity index (χ2v) is 6.70. The Bertz CT molecular complexity index is 514. The summed E-state index contributed by atoms with van der Waals surface area (Å²) in [6, 6.07) is 6.29. The Morgan fingerprint density at radius 2 is 1.95 bits per heavy atom. The van der Waals surface area contributed by atoms with Gasteiger partial charge < -0.3 is 4.74 Å². The maximum Gasteiger partial charge on any atom is 0.316 e. The number of ether oxygens (including phenoxy) is 1. The summed E-state index contributed by atoms with van der Waals surface area (Å²) in [5.41, 5.74) is 2.19. The minimum absolute atomic E-state index is 0.0681. The van der Waals surface area contributed by atoms with E-state index in [0.717, 1.165) is 17.7 Å². The van der Waals surface area contributed by atoms with Gasteiger partial charge in [0.2, 0.25) is 0 Å². The van der Waals surface area contributed by atoms with Crippen LogP contribution in [0.4, 0.5) is 0 Å². The van der Waals surface area contributed by atoms with Gasteiger partial charge in [0.05, 0.1) is 12.5 Å². The molecule has 3 heteroatoms. The normalized spacial score (nSPS) is 21.5. The largest absolute Gasteiger partial charge is 0.468 e. The molecule has 0 atom stereocenters. The molecule has 0 aliphatic heterocycles. The predicted octanol–water partition coefficient (Wildman–Crippen LogP) is 4.23. The molecule has 0 heterocycles. The molecule has 0 unspecified atom stereocenters. The molecule has 2 fully saturated rings. The Hall–Kier alpha value is -0.960. The average Bonchev–Trinajstić information content (AvgIpc) is 3.29. The minimum Gasteiger partial charge on any atom is -0.468 e. The fourth-order valence-corrected chi connectivity index (χ4v) is 3.85. The molecular formula is C17H22O2S. The maximum absolute atomic E-state index is 12.2. The molecule has 0 spiro atoms. The molecule has 2 aliphatic rings. The van der Waals surface area contributed by atoms with Crippen molar-refractivity contribution in [2.24, 2.45) is 0 Å². The number of thiol groups is 1. The Morgan fingerprint density at radius 3 is 2.55 bits per heavy atom. The number of hydrogen-bond donors (Lipinski definition) is 1. The lowest BCUT2D eigenvalue weighted by atomic mass is 9.78. The second kappa shape index (κ2) is 5.44. The fourth-order valence-electron chi connectivity index (χ4n) is 3.64. The monoisotopic (exact) mass is 290 g/mol. The van der Waals surface area contributed by atoms with Crippen molar-refractivity contribution >= 4 is 18.6 Å². The standard InChI is InChI=1S/C17H22O2S/c1-19-16(18)17(9-10-17)15-8-7-13(20)11-14(15)12-5-3-2-4-6-12/h7-8,11-12,20H,2-6,9-10H2,1H3. The highest BCUT2D eigenvalue weighted by atomic mass is 32.1. The zero-order chi connectivity index (χ0) is 14.2. The van der Waals surface area contributed by atoms with Crippen molar-refractivity contribution in [2.45, 2.75) is 61.2 Å². The van der Waals surface area contributed by atoms with Crippen molar-refractivity contribution in [1.82, 2.24) is 0 Å². The van der Waals surface area contributed by atoms with Crippen LogP contribution in [0.25, 0.3) is 0 Å². The maximum atomic E-state index is 12.2. The van der Waals surface area contributed by atoms with Crippen LogP contribution < -0.4 is 0 Å². The van der Waals surface area contributed by atoms with Crippen molar-refractivity contribution in [2.75, 3.05) is 7.11 Å².